The second-order valence-electron chi connectivity index (χ2n) is 7.58. The monoisotopic (exact) mass is 399 g/mol. The minimum Gasteiger partial charge on any atom is -0.496 e. The molecule has 1 fully saturated rings. The molecule has 0 radical (unpaired) electrons. The van der Waals surface area contributed by atoms with E-state index in [0.29, 0.717) is 0 Å². The Hall–Kier alpha value is -2.88. The van der Waals surface area contributed by atoms with Gasteiger partial charge in [0, 0.05) is 18.7 Å². The Morgan fingerprint density at radius 3 is 2.20 bits per heavy atom. The normalized spacial score (nSPS) is 16.8. The minimum atomic E-state index is 0.104. The van der Waals surface area contributed by atoms with Crippen molar-refractivity contribution < 1.29 is 9.47 Å². The highest BCUT2D eigenvalue weighted by Crippen LogP contribution is 2.27. The number of methoxy groups -OCH3 is 1. The van der Waals surface area contributed by atoms with Gasteiger partial charge in [-0.3, -0.25) is 0 Å². The van der Waals surface area contributed by atoms with Crippen molar-refractivity contribution >= 4 is 5.57 Å². The Bertz CT molecular complexity index is 905. The van der Waals surface area contributed by atoms with Gasteiger partial charge in [-0.15, -0.1) is 0 Å². The molecule has 3 heteroatoms. The van der Waals surface area contributed by atoms with Crippen LogP contribution in [0.5, 0.6) is 5.75 Å². The van der Waals surface area contributed by atoms with E-state index in [-0.39, 0.29) is 12.1 Å². The molecular formula is C27H29NO2. The molecule has 3 aromatic rings. The quantitative estimate of drug-likeness (QED) is 0.545. The summed E-state index contributed by atoms with van der Waals surface area (Å²) >= 11 is 0. The predicted octanol–water partition coefficient (Wildman–Crippen LogP) is 5.46. The van der Waals surface area contributed by atoms with Crippen LogP contribution in [0.1, 0.15) is 29.5 Å². The number of nitrogens with one attached hydrogen (secondary N) is 1. The number of benzene rings is 3. The number of para-hydroxylation sites is 1. The summed E-state index contributed by atoms with van der Waals surface area (Å²) < 4.78 is 11.6. The van der Waals surface area contributed by atoms with E-state index in [1.54, 1.807) is 7.11 Å². The molecule has 0 aliphatic carbocycles. The molecule has 0 aromatic heterocycles. The van der Waals surface area contributed by atoms with E-state index in [1.807, 2.05) is 12.1 Å². The van der Waals surface area contributed by atoms with E-state index in [9.17, 15) is 0 Å². The van der Waals surface area contributed by atoms with Crippen LogP contribution in [0.15, 0.2) is 91.0 Å². The van der Waals surface area contributed by atoms with E-state index in [0.717, 1.165) is 37.3 Å². The lowest BCUT2D eigenvalue weighted by atomic mass is 9.94. The molecule has 3 aromatic carbocycles. The third-order valence-electron chi connectivity index (χ3n) is 5.60. The van der Waals surface area contributed by atoms with Gasteiger partial charge in [0.2, 0.25) is 0 Å². The van der Waals surface area contributed by atoms with Crippen LogP contribution in [0.4, 0.5) is 0 Å². The predicted molar refractivity (Wildman–Crippen MR) is 123 cm³/mol. The Morgan fingerprint density at radius 2 is 1.60 bits per heavy atom. The van der Waals surface area contributed by atoms with Crippen molar-refractivity contribution in [3.8, 4) is 5.75 Å². The van der Waals surface area contributed by atoms with Gasteiger partial charge in [-0.1, -0.05) is 84.9 Å². The lowest BCUT2D eigenvalue weighted by Gasteiger charge is -2.24. The third-order valence-corrected chi connectivity index (χ3v) is 5.60. The van der Waals surface area contributed by atoms with E-state index in [4.69, 9.17) is 9.47 Å². The smallest absolute Gasteiger partial charge is 0.123 e. The Morgan fingerprint density at radius 1 is 0.967 bits per heavy atom. The Kier molecular flexibility index (Phi) is 6.96. The van der Waals surface area contributed by atoms with Crippen molar-refractivity contribution in [3.05, 3.63) is 108 Å². The first-order valence-corrected chi connectivity index (χ1v) is 10.6. The second-order valence-corrected chi connectivity index (χ2v) is 7.58. The summed E-state index contributed by atoms with van der Waals surface area (Å²) in [6, 6.07) is 29.5. The molecule has 1 heterocycles. The zero-order chi connectivity index (χ0) is 20.6. The van der Waals surface area contributed by atoms with Gasteiger partial charge in [0.1, 0.15) is 5.75 Å². The highest BCUT2D eigenvalue weighted by molar-refractivity contribution is 5.80. The molecule has 30 heavy (non-hydrogen) atoms. The number of rotatable bonds is 8. The summed E-state index contributed by atoms with van der Waals surface area (Å²) in [5.74, 6) is 0.909. The lowest BCUT2D eigenvalue weighted by Crippen LogP contribution is -2.38. The third kappa shape index (κ3) is 4.99. The fourth-order valence-electron chi connectivity index (χ4n) is 4.03. The first-order chi connectivity index (χ1) is 14.8. The molecule has 0 saturated carbocycles. The first-order valence-electron chi connectivity index (χ1n) is 10.6. The molecule has 0 bridgehead atoms. The molecule has 1 N–H and O–H groups in total. The average molecular weight is 400 g/mol. The zero-order valence-electron chi connectivity index (χ0n) is 17.5. The van der Waals surface area contributed by atoms with E-state index in [2.05, 4.69) is 84.2 Å². The minimum absolute atomic E-state index is 0.104. The van der Waals surface area contributed by atoms with Gasteiger partial charge < -0.3 is 14.8 Å². The van der Waals surface area contributed by atoms with E-state index < -0.39 is 0 Å². The fourth-order valence-corrected chi connectivity index (χ4v) is 4.03. The van der Waals surface area contributed by atoms with E-state index >= 15 is 0 Å². The zero-order valence-corrected chi connectivity index (χ0v) is 17.5. The molecule has 2 atom stereocenters. The molecular weight excluding hydrogens is 370 g/mol. The lowest BCUT2D eigenvalue weighted by molar-refractivity contribution is 0.0910. The number of hydrogen-bond donors (Lipinski definition) is 1. The molecule has 0 spiro atoms. The molecule has 0 unspecified atom stereocenters. The Balaban J connectivity index is 1.67. The van der Waals surface area contributed by atoms with Crippen LogP contribution in [0, 0.1) is 0 Å². The van der Waals surface area contributed by atoms with Crippen LogP contribution >= 0.6 is 0 Å². The molecule has 1 saturated heterocycles. The topological polar surface area (TPSA) is 30.5 Å². The largest absolute Gasteiger partial charge is 0.496 e. The summed E-state index contributed by atoms with van der Waals surface area (Å²) in [6.07, 6.45) is 4.69. The maximum absolute atomic E-state index is 6.09. The van der Waals surface area contributed by atoms with Gasteiger partial charge in [-0.2, -0.15) is 0 Å². The molecule has 1 aliphatic heterocycles. The maximum Gasteiger partial charge on any atom is 0.123 e. The van der Waals surface area contributed by atoms with Crippen molar-refractivity contribution in [1.29, 1.82) is 0 Å². The van der Waals surface area contributed by atoms with Gasteiger partial charge in [0.05, 0.1) is 19.3 Å². The van der Waals surface area contributed by atoms with Crippen molar-refractivity contribution in [1.82, 2.24) is 5.32 Å². The van der Waals surface area contributed by atoms with Crippen molar-refractivity contribution in [3.63, 3.8) is 0 Å². The van der Waals surface area contributed by atoms with Crippen LogP contribution < -0.4 is 10.1 Å². The van der Waals surface area contributed by atoms with Gasteiger partial charge in [-0.05, 0) is 35.6 Å². The van der Waals surface area contributed by atoms with Gasteiger partial charge >= 0.3 is 0 Å². The molecule has 3 nitrogen and oxygen atoms in total. The first kappa shape index (κ1) is 20.4. The van der Waals surface area contributed by atoms with Gasteiger partial charge in [0.15, 0.2) is 0 Å². The SMILES string of the molecule is COc1ccccc1CN[C@@H](C=C(c1ccccc1)c1ccccc1)[C@H]1CCCO1. The Labute approximate surface area is 179 Å². The van der Waals surface area contributed by atoms with Crippen LogP contribution in [0.25, 0.3) is 5.57 Å². The van der Waals surface area contributed by atoms with Crippen LogP contribution in [0.3, 0.4) is 0 Å². The summed E-state index contributed by atoms with van der Waals surface area (Å²) in [6.45, 7) is 1.55. The summed E-state index contributed by atoms with van der Waals surface area (Å²) in [5.41, 5.74) is 4.80. The molecule has 0 amide bonds. The fraction of sp³-hybridized carbons (Fsp3) is 0.259. The number of hydrogen-bond acceptors (Lipinski definition) is 3. The second kappa shape index (κ2) is 10.2. The highest BCUT2D eigenvalue weighted by Gasteiger charge is 2.25. The van der Waals surface area contributed by atoms with Crippen LogP contribution in [-0.4, -0.2) is 25.9 Å². The standard InChI is InChI=1S/C27H29NO2/c1-29-26-16-9-8-15-23(26)20-28-25(27-17-10-18-30-27)19-24(21-11-4-2-5-12-21)22-13-6-3-7-14-22/h2-9,11-16,19,25,27-28H,10,17-18,20H2,1H3/t25-,27+/m0/s1. The maximum atomic E-state index is 6.09. The van der Waals surface area contributed by atoms with Crippen LogP contribution in [-0.2, 0) is 11.3 Å². The average Bonchev–Trinajstić information content (AvgIpc) is 3.35. The molecule has 1 aliphatic rings. The van der Waals surface area contributed by atoms with Crippen molar-refractivity contribution in [2.75, 3.05) is 13.7 Å². The molecule has 4 rings (SSSR count). The van der Waals surface area contributed by atoms with Gasteiger partial charge in [-0.25, -0.2) is 0 Å². The van der Waals surface area contributed by atoms with Gasteiger partial charge in [0.25, 0.3) is 0 Å². The summed E-state index contributed by atoms with van der Waals surface area (Å²) in [7, 11) is 1.72. The van der Waals surface area contributed by atoms with E-state index in [1.165, 1.54) is 16.7 Å². The highest BCUT2D eigenvalue weighted by atomic mass is 16.5. The van der Waals surface area contributed by atoms with Crippen molar-refractivity contribution in [2.24, 2.45) is 0 Å². The molecule has 154 valence electrons. The van der Waals surface area contributed by atoms with Crippen LogP contribution in [0.2, 0.25) is 0 Å². The number of ether oxygens (including phenoxy) is 2. The summed E-state index contributed by atoms with van der Waals surface area (Å²) in [4.78, 5) is 0. The van der Waals surface area contributed by atoms with Crippen molar-refractivity contribution in [2.45, 2.75) is 31.5 Å². The summed E-state index contributed by atoms with van der Waals surface area (Å²) in [5, 5.41) is 3.74.